The van der Waals surface area contributed by atoms with Crippen molar-refractivity contribution in [2.75, 3.05) is 17.6 Å². The second-order valence-corrected chi connectivity index (χ2v) is 7.13. The van der Waals surface area contributed by atoms with Gasteiger partial charge in [0.1, 0.15) is 0 Å². The first kappa shape index (κ1) is 17.4. The number of benzene rings is 1. The highest BCUT2D eigenvalue weighted by atomic mass is 35.5. The molecule has 0 aliphatic rings. The van der Waals surface area contributed by atoms with Crippen LogP contribution >= 0.6 is 11.6 Å². The van der Waals surface area contributed by atoms with Gasteiger partial charge in [-0.25, -0.2) is 13.2 Å². The third-order valence-corrected chi connectivity index (χ3v) is 4.83. The molecule has 0 unspecified atom stereocenters. The number of sulfonamides is 1. The fourth-order valence-corrected chi connectivity index (χ4v) is 3.40. The van der Waals surface area contributed by atoms with E-state index in [1.54, 1.807) is 0 Å². The maximum absolute atomic E-state index is 12.1. The Labute approximate surface area is 140 Å². The summed E-state index contributed by atoms with van der Waals surface area (Å²) in [6.45, 7) is 0.621. The molecule has 0 amide bonds. The number of nitrogens with one attached hydrogen (secondary N) is 1. The van der Waals surface area contributed by atoms with Gasteiger partial charge in [-0.15, -0.1) is 0 Å². The second-order valence-electron chi connectivity index (χ2n) is 4.88. The van der Waals surface area contributed by atoms with Gasteiger partial charge in [-0.1, -0.05) is 11.6 Å². The summed E-state index contributed by atoms with van der Waals surface area (Å²) in [5.74, 6) is -0.585. The lowest BCUT2D eigenvalue weighted by molar-refractivity contribution is 0.0601. The SMILES string of the molecule is COC(=O)c1ccc(NS(=O)(=O)CCCn2cccc2)cc1Cl. The Bertz CT molecular complexity index is 773. The molecule has 0 aliphatic heterocycles. The number of methoxy groups -OCH3 is 1. The largest absolute Gasteiger partial charge is 0.465 e. The third-order valence-electron chi connectivity index (χ3n) is 3.14. The average molecular weight is 357 g/mol. The van der Waals surface area contributed by atoms with E-state index in [4.69, 9.17) is 11.6 Å². The van der Waals surface area contributed by atoms with E-state index < -0.39 is 16.0 Å². The Morgan fingerprint density at radius 1 is 1.30 bits per heavy atom. The van der Waals surface area contributed by atoms with Crippen molar-refractivity contribution in [2.24, 2.45) is 0 Å². The zero-order valence-electron chi connectivity index (χ0n) is 12.5. The molecule has 1 aromatic carbocycles. The number of nitrogens with zero attached hydrogens (tertiary/aromatic N) is 1. The topological polar surface area (TPSA) is 77.4 Å². The molecule has 0 saturated heterocycles. The molecule has 1 heterocycles. The van der Waals surface area contributed by atoms with Crippen LogP contribution in [0.2, 0.25) is 5.02 Å². The lowest BCUT2D eigenvalue weighted by Gasteiger charge is -2.10. The standard InChI is InChI=1S/C15H17ClN2O4S/c1-22-15(19)13-6-5-12(11-14(13)16)17-23(20,21)10-4-9-18-7-2-3-8-18/h2-3,5-8,11,17H,4,9-10H2,1H3. The van der Waals surface area contributed by atoms with Crippen LogP contribution in [-0.2, 0) is 21.3 Å². The van der Waals surface area contributed by atoms with Crippen molar-refractivity contribution in [1.82, 2.24) is 4.57 Å². The number of ether oxygens (including phenoxy) is 1. The fraction of sp³-hybridized carbons (Fsp3) is 0.267. The van der Waals surface area contributed by atoms with Crippen molar-refractivity contribution >= 4 is 33.3 Å². The summed E-state index contributed by atoms with van der Waals surface area (Å²) in [5.41, 5.74) is 0.494. The highest BCUT2D eigenvalue weighted by molar-refractivity contribution is 7.92. The number of aryl methyl sites for hydroxylation is 1. The summed E-state index contributed by atoms with van der Waals surface area (Å²) in [6, 6.07) is 8.06. The van der Waals surface area contributed by atoms with Crippen LogP contribution in [0.5, 0.6) is 0 Å². The van der Waals surface area contributed by atoms with Gasteiger partial charge in [-0.05, 0) is 36.8 Å². The number of halogens is 1. The highest BCUT2D eigenvalue weighted by Crippen LogP contribution is 2.22. The molecule has 0 spiro atoms. The molecule has 0 bridgehead atoms. The molecule has 2 aromatic rings. The Morgan fingerprint density at radius 3 is 2.61 bits per heavy atom. The minimum absolute atomic E-state index is 0.0123. The van der Waals surface area contributed by atoms with Gasteiger partial charge in [0.25, 0.3) is 0 Å². The van der Waals surface area contributed by atoms with E-state index in [0.717, 1.165) is 0 Å². The van der Waals surface area contributed by atoms with Crippen LogP contribution in [0, 0.1) is 0 Å². The summed E-state index contributed by atoms with van der Waals surface area (Å²) in [6.07, 6.45) is 4.24. The van der Waals surface area contributed by atoms with E-state index in [-0.39, 0.29) is 16.3 Å². The van der Waals surface area contributed by atoms with Crippen molar-refractivity contribution in [3.63, 3.8) is 0 Å². The van der Waals surface area contributed by atoms with Crippen LogP contribution in [0.4, 0.5) is 5.69 Å². The smallest absolute Gasteiger partial charge is 0.339 e. The maximum atomic E-state index is 12.1. The minimum Gasteiger partial charge on any atom is -0.465 e. The molecule has 6 nitrogen and oxygen atoms in total. The molecule has 0 aliphatic carbocycles. The van der Waals surface area contributed by atoms with Gasteiger partial charge in [-0.2, -0.15) is 0 Å². The van der Waals surface area contributed by atoms with Crippen molar-refractivity contribution in [3.8, 4) is 0 Å². The number of hydrogen-bond acceptors (Lipinski definition) is 4. The average Bonchev–Trinajstić information content (AvgIpc) is 2.99. The molecule has 2 rings (SSSR count). The first-order valence-corrected chi connectivity index (χ1v) is 8.93. The molecule has 8 heteroatoms. The number of esters is 1. The van der Waals surface area contributed by atoms with E-state index in [9.17, 15) is 13.2 Å². The monoisotopic (exact) mass is 356 g/mol. The van der Waals surface area contributed by atoms with E-state index in [1.165, 1.54) is 25.3 Å². The van der Waals surface area contributed by atoms with Gasteiger partial charge in [0, 0.05) is 24.6 Å². The Balaban J connectivity index is 1.97. The molecule has 1 aromatic heterocycles. The molecular formula is C15H17ClN2O4S. The summed E-state index contributed by atoms with van der Waals surface area (Å²) in [7, 11) is -2.23. The van der Waals surface area contributed by atoms with Crippen LogP contribution < -0.4 is 4.72 Å². The molecule has 124 valence electrons. The Morgan fingerprint density at radius 2 is 2.00 bits per heavy atom. The van der Waals surface area contributed by atoms with Crippen molar-refractivity contribution in [2.45, 2.75) is 13.0 Å². The zero-order valence-corrected chi connectivity index (χ0v) is 14.1. The number of anilines is 1. The van der Waals surface area contributed by atoms with Crippen LogP contribution in [0.25, 0.3) is 0 Å². The number of aromatic nitrogens is 1. The zero-order chi connectivity index (χ0) is 16.9. The minimum atomic E-state index is -3.48. The van der Waals surface area contributed by atoms with E-state index >= 15 is 0 Å². The second kappa shape index (κ2) is 7.52. The summed E-state index contributed by atoms with van der Waals surface area (Å²) in [5, 5.41) is 0.129. The van der Waals surface area contributed by atoms with Gasteiger partial charge in [-0.3, -0.25) is 4.72 Å². The lowest BCUT2D eigenvalue weighted by Crippen LogP contribution is -2.18. The molecule has 0 saturated carbocycles. The van der Waals surface area contributed by atoms with Crippen molar-refractivity contribution in [3.05, 3.63) is 53.3 Å². The van der Waals surface area contributed by atoms with Gasteiger partial charge in [0.15, 0.2) is 0 Å². The number of rotatable bonds is 7. The molecule has 0 radical (unpaired) electrons. The van der Waals surface area contributed by atoms with Gasteiger partial charge in [0.2, 0.25) is 10.0 Å². The maximum Gasteiger partial charge on any atom is 0.339 e. The number of carbonyl (C=O) groups is 1. The molecule has 23 heavy (non-hydrogen) atoms. The molecular weight excluding hydrogens is 340 g/mol. The quantitative estimate of drug-likeness (QED) is 0.774. The predicted octanol–water partition coefficient (Wildman–Crippen LogP) is 2.76. The predicted molar refractivity (Wildman–Crippen MR) is 89.3 cm³/mol. The van der Waals surface area contributed by atoms with E-state index in [0.29, 0.717) is 18.7 Å². The molecule has 0 fully saturated rings. The third kappa shape index (κ3) is 5.01. The highest BCUT2D eigenvalue weighted by Gasteiger charge is 2.14. The van der Waals surface area contributed by atoms with E-state index in [2.05, 4.69) is 9.46 Å². The van der Waals surface area contributed by atoms with Crippen molar-refractivity contribution < 1.29 is 17.9 Å². The Kier molecular flexibility index (Phi) is 5.68. The van der Waals surface area contributed by atoms with Gasteiger partial charge in [0.05, 0.1) is 23.4 Å². The number of carbonyl (C=O) groups excluding carboxylic acids is 1. The summed E-state index contributed by atoms with van der Waals surface area (Å²) >= 11 is 5.96. The van der Waals surface area contributed by atoms with Crippen LogP contribution in [0.15, 0.2) is 42.7 Å². The van der Waals surface area contributed by atoms with Crippen LogP contribution in [-0.4, -0.2) is 31.8 Å². The summed E-state index contributed by atoms with van der Waals surface area (Å²) < 4.78 is 33.1. The Hall–Kier alpha value is -1.99. The van der Waals surface area contributed by atoms with Crippen LogP contribution in [0.1, 0.15) is 16.8 Å². The van der Waals surface area contributed by atoms with Gasteiger partial charge >= 0.3 is 5.97 Å². The summed E-state index contributed by atoms with van der Waals surface area (Å²) in [4.78, 5) is 11.4. The number of hydrogen-bond donors (Lipinski definition) is 1. The fourth-order valence-electron chi connectivity index (χ4n) is 2.04. The van der Waals surface area contributed by atoms with E-state index in [1.807, 2.05) is 29.1 Å². The first-order chi connectivity index (χ1) is 10.9. The normalized spacial score (nSPS) is 11.2. The van der Waals surface area contributed by atoms with Crippen LogP contribution in [0.3, 0.4) is 0 Å². The first-order valence-electron chi connectivity index (χ1n) is 6.90. The van der Waals surface area contributed by atoms with Gasteiger partial charge < -0.3 is 9.30 Å². The molecule has 1 N–H and O–H groups in total. The molecule has 0 atom stereocenters. The lowest BCUT2D eigenvalue weighted by atomic mass is 10.2. The van der Waals surface area contributed by atoms with Crippen molar-refractivity contribution in [1.29, 1.82) is 0 Å².